The average molecular weight is 282 g/mol. The van der Waals surface area contributed by atoms with Crippen molar-refractivity contribution in [2.24, 2.45) is 0 Å². The molecule has 0 aliphatic rings. The summed E-state index contributed by atoms with van der Waals surface area (Å²) in [6, 6.07) is 12.4. The summed E-state index contributed by atoms with van der Waals surface area (Å²) in [7, 11) is 0. The Balaban J connectivity index is 2.11. The lowest BCUT2D eigenvalue weighted by molar-refractivity contribution is -0.130. The highest BCUT2D eigenvalue weighted by Crippen LogP contribution is 2.20. The van der Waals surface area contributed by atoms with Crippen molar-refractivity contribution in [3.05, 3.63) is 54.5 Å². The van der Waals surface area contributed by atoms with Gasteiger partial charge in [-0.05, 0) is 22.6 Å². The molecule has 0 aliphatic heterocycles. The van der Waals surface area contributed by atoms with Gasteiger partial charge in [0.15, 0.2) is 11.5 Å². The zero-order valence-electron chi connectivity index (χ0n) is 10.7. The largest absolute Gasteiger partial charge is 0.477 e. The molecule has 0 unspecified atom stereocenters. The Kier molecular flexibility index (Phi) is 3.30. The van der Waals surface area contributed by atoms with Gasteiger partial charge in [0.1, 0.15) is 5.76 Å². The molecule has 0 fully saturated rings. The lowest BCUT2D eigenvalue weighted by atomic mass is 10.2. The quantitative estimate of drug-likeness (QED) is 0.736. The SMILES string of the molecule is O=C(O)/C(=C\c1ccco1)n1nnnc1-c1ccccc1. The van der Waals surface area contributed by atoms with E-state index in [1.165, 1.54) is 17.0 Å². The molecule has 21 heavy (non-hydrogen) atoms. The van der Waals surface area contributed by atoms with Gasteiger partial charge in [-0.2, -0.15) is 4.68 Å². The van der Waals surface area contributed by atoms with Crippen LogP contribution in [0.15, 0.2) is 53.1 Å². The van der Waals surface area contributed by atoms with Gasteiger partial charge in [0.2, 0.25) is 0 Å². The number of nitrogens with zero attached hydrogens (tertiary/aromatic N) is 4. The molecule has 3 aromatic rings. The summed E-state index contributed by atoms with van der Waals surface area (Å²) in [5.74, 6) is -0.409. The van der Waals surface area contributed by atoms with Crippen LogP contribution in [0.5, 0.6) is 0 Å². The number of hydrogen-bond donors (Lipinski definition) is 1. The van der Waals surface area contributed by atoms with Gasteiger partial charge in [0.05, 0.1) is 6.26 Å². The molecule has 7 nitrogen and oxygen atoms in total. The van der Waals surface area contributed by atoms with Crippen LogP contribution >= 0.6 is 0 Å². The van der Waals surface area contributed by atoms with Gasteiger partial charge < -0.3 is 9.52 Å². The van der Waals surface area contributed by atoms with Crippen molar-refractivity contribution in [2.75, 3.05) is 0 Å². The van der Waals surface area contributed by atoms with E-state index in [1.54, 1.807) is 24.3 Å². The molecule has 0 radical (unpaired) electrons. The van der Waals surface area contributed by atoms with E-state index in [0.29, 0.717) is 17.1 Å². The lowest BCUT2D eigenvalue weighted by Gasteiger charge is -2.04. The van der Waals surface area contributed by atoms with Crippen LogP contribution in [0.25, 0.3) is 23.2 Å². The first-order chi connectivity index (χ1) is 10.3. The molecule has 0 aliphatic carbocycles. The van der Waals surface area contributed by atoms with E-state index < -0.39 is 5.97 Å². The van der Waals surface area contributed by atoms with Gasteiger partial charge in [-0.15, -0.1) is 5.10 Å². The number of carboxylic acid groups (broad SMARTS) is 1. The molecule has 0 saturated heterocycles. The first-order valence-electron chi connectivity index (χ1n) is 6.08. The van der Waals surface area contributed by atoms with Gasteiger partial charge in [0.25, 0.3) is 0 Å². The predicted octanol–water partition coefficient (Wildman–Crippen LogP) is 2.02. The fourth-order valence-corrected chi connectivity index (χ4v) is 1.84. The number of aromatic nitrogens is 4. The summed E-state index contributed by atoms with van der Waals surface area (Å²) in [6.45, 7) is 0. The third-order valence-corrected chi connectivity index (χ3v) is 2.77. The second-order valence-corrected chi connectivity index (χ2v) is 4.13. The Labute approximate surface area is 119 Å². The fourth-order valence-electron chi connectivity index (χ4n) is 1.84. The summed E-state index contributed by atoms with van der Waals surface area (Å²) in [4.78, 5) is 11.5. The van der Waals surface area contributed by atoms with Gasteiger partial charge in [-0.1, -0.05) is 30.3 Å². The van der Waals surface area contributed by atoms with Crippen molar-refractivity contribution in [2.45, 2.75) is 0 Å². The van der Waals surface area contributed by atoms with Gasteiger partial charge in [-0.3, -0.25) is 0 Å². The molecule has 104 valence electrons. The molecule has 7 heteroatoms. The van der Waals surface area contributed by atoms with Crippen LogP contribution in [0.1, 0.15) is 5.76 Å². The van der Waals surface area contributed by atoms with Crippen LogP contribution in [-0.4, -0.2) is 31.3 Å². The number of furan rings is 1. The van der Waals surface area contributed by atoms with Crippen molar-refractivity contribution in [3.63, 3.8) is 0 Å². The average Bonchev–Trinajstić information content (AvgIpc) is 3.17. The summed E-state index contributed by atoms with van der Waals surface area (Å²) < 4.78 is 6.30. The molecule has 2 heterocycles. The van der Waals surface area contributed by atoms with Crippen molar-refractivity contribution < 1.29 is 14.3 Å². The summed E-state index contributed by atoms with van der Waals surface area (Å²) in [5.41, 5.74) is 0.614. The second-order valence-electron chi connectivity index (χ2n) is 4.13. The van der Waals surface area contributed by atoms with E-state index in [9.17, 15) is 9.90 Å². The summed E-state index contributed by atoms with van der Waals surface area (Å²) >= 11 is 0. The summed E-state index contributed by atoms with van der Waals surface area (Å²) in [6.07, 6.45) is 2.83. The van der Waals surface area contributed by atoms with Crippen molar-refractivity contribution in [1.29, 1.82) is 0 Å². The molecular weight excluding hydrogens is 272 g/mol. The number of carboxylic acids is 1. The second kappa shape index (κ2) is 5.41. The standard InChI is InChI=1S/C14H10N4O3/c19-14(20)12(9-11-7-4-8-21-11)18-13(15-16-17-18)10-5-2-1-3-6-10/h1-9H,(H,19,20)/b12-9+. The molecule has 0 spiro atoms. The van der Waals surface area contributed by atoms with Gasteiger partial charge in [-0.25, -0.2) is 4.79 Å². The van der Waals surface area contributed by atoms with Crippen LogP contribution in [0.4, 0.5) is 0 Å². The molecule has 0 atom stereocenters. The van der Waals surface area contributed by atoms with E-state index in [4.69, 9.17) is 4.42 Å². The number of hydrogen-bond acceptors (Lipinski definition) is 5. The minimum atomic E-state index is -1.16. The predicted molar refractivity (Wildman–Crippen MR) is 73.8 cm³/mol. The third kappa shape index (κ3) is 2.57. The highest BCUT2D eigenvalue weighted by molar-refractivity contribution is 6.14. The zero-order chi connectivity index (χ0) is 14.7. The normalized spacial score (nSPS) is 11.5. The minimum absolute atomic E-state index is 0.103. The van der Waals surface area contributed by atoms with E-state index in [2.05, 4.69) is 15.5 Å². The zero-order valence-corrected chi connectivity index (χ0v) is 10.7. The molecule has 2 aromatic heterocycles. The van der Waals surface area contributed by atoms with E-state index in [-0.39, 0.29) is 5.70 Å². The Morgan fingerprint density at radius 3 is 2.67 bits per heavy atom. The van der Waals surface area contributed by atoms with Gasteiger partial charge in [0, 0.05) is 11.6 Å². The maximum atomic E-state index is 11.5. The molecule has 3 rings (SSSR count). The molecule has 0 saturated carbocycles. The first-order valence-corrected chi connectivity index (χ1v) is 6.08. The van der Waals surface area contributed by atoms with Crippen molar-refractivity contribution in [1.82, 2.24) is 20.2 Å². The Morgan fingerprint density at radius 1 is 1.19 bits per heavy atom. The number of rotatable bonds is 4. The van der Waals surface area contributed by atoms with Crippen LogP contribution in [0, 0.1) is 0 Å². The van der Waals surface area contributed by atoms with Crippen LogP contribution in [0.3, 0.4) is 0 Å². The highest BCUT2D eigenvalue weighted by atomic mass is 16.4. The topological polar surface area (TPSA) is 94.0 Å². The first kappa shape index (κ1) is 12.8. The maximum Gasteiger partial charge on any atom is 0.354 e. The number of benzene rings is 1. The molecule has 1 N–H and O–H groups in total. The van der Waals surface area contributed by atoms with Crippen molar-refractivity contribution >= 4 is 17.7 Å². The fraction of sp³-hybridized carbons (Fsp3) is 0. The minimum Gasteiger partial charge on any atom is -0.477 e. The van der Waals surface area contributed by atoms with Crippen LogP contribution in [0.2, 0.25) is 0 Å². The van der Waals surface area contributed by atoms with E-state index in [0.717, 1.165) is 0 Å². The van der Waals surface area contributed by atoms with Crippen molar-refractivity contribution in [3.8, 4) is 11.4 Å². The Bertz CT molecular complexity index is 776. The molecule has 0 bridgehead atoms. The highest BCUT2D eigenvalue weighted by Gasteiger charge is 2.18. The Hall–Kier alpha value is -3.22. The third-order valence-electron chi connectivity index (χ3n) is 2.77. The smallest absolute Gasteiger partial charge is 0.354 e. The van der Waals surface area contributed by atoms with E-state index in [1.807, 2.05) is 18.2 Å². The lowest BCUT2D eigenvalue weighted by Crippen LogP contribution is -2.10. The summed E-state index contributed by atoms with van der Waals surface area (Å²) in [5, 5.41) is 20.6. The number of carbonyl (C=O) groups is 1. The van der Waals surface area contributed by atoms with Crippen LogP contribution in [-0.2, 0) is 4.79 Å². The maximum absolute atomic E-state index is 11.5. The number of tetrazole rings is 1. The Morgan fingerprint density at radius 2 is 2.00 bits per heavy atom. The van der Waals surface area contributed by atoms with Gasteiger partial charge >= 0.3 is 5.97 Å². The number of aliphatic carboxylic acids is 1. The molecule has 0 amide bonds. The van der Waals surface area contributed by atoms with Crippen LogP contribution < -0.4 is 0 Å². The molecule has 1 aromatic carbocycles. The van der Waals surface area contributed by atoms with E-state index >= 15 is 0 Å². The molecular formula is C14H10N4O3. The monoisotopic (exact) mass is 282 g/mol.